The second-order valence-corrected chi connectivity index (χ2v) is 22.6. The van der Waals surface area contributed by atoms with Crippen LogP contribution < -0.4 is 4.72 Å². The van der Waals surface area contributed by atoms with Crippen LogP contribution >= 0.6 is 0 Å². The van der Waals surface area contributed by atoms with Crippen molar-refractivity contribution in [3.63, 3.8) is 0 Å². The van der Waals surface area contributed by atoms with Crippen molar-refractivity contribution in [2.24, 2.45) is 11.8 Å². The number of carbonyl (C=O) groups excluding carboxylic acids is 2. The number of rotatable bonds is 16. The van der Waals surface area contributed by atoms with Crippen LogP contribution in [0.1, 0.15) is 86.1 Å². The number of nitrogens with one attached hydrogen (secondary N) is 1. The van der Waals surface area contributed by atoms with E-state index in [-0.39, 0.29) is 22.8 Å². The molecule has 2 aromatic carbocycles. The van der Waals surface area contributed by atoms with Gasteiger partial charge < -0.3 is 9.47 Å². The molecule has 0 fully saturated rings. The fraction of sp³-hybridized carbons (Fsp3) is 0.611. The number of unbranched alkanes of at least 4 members (excludes halogenated alkanes) is 1. The number of carbonyl (C=O) groups is 2. The van der Waals surface area contributed by atoms with Gasteiger partial charge in [-0.25, -0.2) is 13.1 Å². The second kappa shape index (κ2) is 16.4. The molecule has 0 spiro atoms. The van der Waals surface area contributed by atoms with Crippen molar-refractivity contribution in [1.82, 2.24) is 4.72 Å². The summed E-state index contributed by atoms with van der Waals surface area (Å²) < 4.78 is 40.6. The van der Waals surface area contributed by atoms with Gasteiger partial charge in [0, 0.05) is 19.2 Å². The van der Waals surface area contributed by atoms with Gasteiger partial charge in [0.15, 0.2) is 0 Å². The normalized spacial score (nSPS) is 14.1. The van der Waals surface area contributed by atoms with E-state index in [0.717, 1.165) is 30.0 Å². The summed E-state index contributed by atoms with van der Waals surface area (Å²) in [7, 11) is -5.11. The molecule has 0 saturated carbocycles. The first-order valence-corrected chi connectivity index (χ1v) is 21.5. The number of ether oxygens (including phenoxy) is 2. The third-order valence-electron chi connectivity index (χ3n) is 7.31. The fourth-order valence-corrected chi connectivity index (χ4v) is 7.37. The molecule has 45 heavy (non-hydrogen) atoms. The first-order chi connectivity index (χ1) is 20.7. The smallest absolute Gasteiger partial charge is 0.309 e. The standard InChI is InChI=1S/C36H57NO6SSi/c1-11-12-15-29(34(39)43-36(5,6)7)26-30(33(38)42-24-25-45(8,9)10)23-20-27-18-21-28(22-19-27)31-16-13-14-17-32(31)44(40,41)37-35(2,3)4/h13-14,16-19,21-22,29-30,37H,11-12,15,20,23-26H2,1-10H3/t29-,30+/m0/s1. The van der Waals surface area contributed by atoms with Gasteiger partial charge in [-0.05, 0) is 90.5 Å². The van der Waals surface area contributed by atoms with Gasteiger partial charge in [0.05, 0.1) is 23.3 Å². The first kappa shape index (κ1) is 38.7. The van der Waals surface area contributed by atoms with Crippen molar-refractivity contribution < 1.29 is 27.5 Å². The van der Waals surface area contributed by atoms with Crippen LogP contribution in [0, 0.1) is 11.8 Å². The topological polar surface area (TPSA) is 98.8 Å². The highest BCUT2D eigenvalue weighted by atomic mass is 32.2. The van der Waals surface area contributed by atoms with Crippen LogP contribution in [-0.4, -0.2) is 46.2 Å². The van der Waals surface area contributed by atoms with Gasteiger partial charge in [-0.3, -0.25) is 9.59 Å². The van der Waals surface area contributed by atoms with Crippen LogP contribution in [0.25, 0.3) is 11.1 Å². The quantitative estimate of drug-likeness (QED) is 0.144. The number of esters is 2. The van der Waals surface area contributed by atoms with Crippen molar-refractivity contribution in [1.29, 1.82) is 0 Å². The van der Waals surface area contributed by atoms with Gasteiger partial charge in [0.25, 0.3) is 0 Å². The molecular formula is C36H57NO6SSi. The lowest BCUT2D eigenvalue weighted by Crippen LogP contribution is -2.40. The average molecular weight is 660 g/mol. The van der Waals surface area contributed by atoms with Gasteiger partial charge in [0.2, 0.25) is 10.0 Å². The number of hydrogen-bond donors (Lipinski definition) is 1. The first-order valence-electron chi connectivity index (χ1n) is 16.3. The summed E-state index contributed by atoms with van der Waals surface area (Å²) in [4.78, 5) is 26.8. The number of benzene rings is 2. The fourth-order valence-electron chi connectivity index (χ4n) is 5.01. The summed E-state index contributed by atoms with van der Waals surface area (Å²) >= 11 is 0. The third kappa shape index (κ3) is 14.2. The van der Waals surface area contributed by atoms with E-state index in [4.69, 9.17) is 9.47 Å². The van der Waals surface area contributed by atoms with Crippen LogP contribution in [0.5, 0.6) is 0 Å². The van der Waals surface area contributed by atoms with Crippen LogP contribution in [0.3, 0.4) is 0 Å². The Bertz CT molecular complexity index is 1350. The van der Waals surface area contributed by atoms with E-state index >= 15 is 0 Å². The Kier molecular flexibility index (Phi) is 14.1. The molecule has 2 atom stereocenters. The molecule has 1 N–H and O–H groups in total. The van der Waals surface area contributed by atoms with Crippen LogP contribution in [0.4, 0.5) is 0 Å². The third-order valence-corrected chi connectivity index (χ3v) is 10.8. The molecule has 0 aliphatic carbocycles. The lowest BCUT2D eigenvalue weighted by Gasteiger charge is -2.26. The van der Waals surface area contributed by atoms with Gasteiger partial charge >= 0.3 is 11.9 Å². The van der Waals surface area contributed by atoms with Crippen molar-refractivity contribution >= 4 is 30.0 Å². The molecule has 0 radical (unpaired) electrons. The molecule has 2 aromatic rings. The minimum absolute atomic E-state index is 0.231. The van der Waals surface area contributed by atoms with Crippen LogP contribution in [-0.2, 0) is 35.5 Å². The molecule has 7 nitrogen and oxygen atoms in total. The molecule has 0 aliphatic rings. The molecule has 0 aliphatic heterocycles. The maximum Gasteiger partial charge on any atom is 0.309 e. The highest BCUT2D eigenvalue weighted by molar-refractivity contribution is 7.89. The van der Waals surface area contributed by atoms with Gasteiger partial charge in [-0.2, -0.15) is 0 Å². The lowest BCUT2D eigenvalue weighted by molar-refractivity contribution is -0.162. The molecular weight excluding hydrogens is 603 g/mol. The van der Waals surface area contributed by atoms with Gasteiger partial charge in [-0.15, -0.1) is 0 Å². The Hall–Kier alpha value is -2.49. The second-order valence-electron chi connectivity index (χ2n) is 15.4. The lowest BCUT2D eigenvalue weighted by atomic mass is 9.86. The van der Waals surface area contributed by atoms with E-state index in [1.807, 2.05) is 77.9 Å². The monoisotopic (exact) mass is 659 g/mol. The van der Waals surface area contributed by atoms with E-state index in [9.17, 15) is 18.0 Å². The van der Waals surface area contributed by atoms with Crippen LogP contribution in [0.2, 0.25) is 25.7 Å². The zero-order valence-corrected chi connectivity index (χ0v) is 31.1. The Labute approximate surface area is 273 Å². The predicted octanol–water partition coefficient (Wildman–Crippen LogP) is 8.40. The minimum atomic E-state index is -3.73. The van der Waals surface area contributed by atoms with Crippen molar-refractivity contribution in [3.05, 3.63) is 54.1 Å². The van der Waals surface area contributed by atoms with Crippen LogP contribution in [0.15, 0.2) is 53.4 Å². The Morgan fingerprint density at radius 3 is 2.02 bits per heavy atom. The minimum Gasteiger partial charge on any atom is -0.466 e. The molecule has 0 saturated heterocycles. The SMILES string of the molecule is CCCC[C@@H](C[C@@H](CCc1ccc(-c2ccccc2S(=O)(=O)NC(C)(C)C)cc1)C(=O)OCC[Si](C)(C)C)C(=O)OC(C)(C)C. The summed E-state index contributed by atoms with van der Waals surface area (Å²) in [5.41, 5.74) is 1.23. The zero-order valence-electron chi connectivity index (χ0n) is 29.3. The summed E-state index contributed by atoms with van der Waals surface area (Å²) in [6.45, 7) is 20.3. The van der Waals surface area contributed by atoms with Crippen molar-refractivity contribution in [2.75, 3.05) is 6.61 Å². The molecule has 0 aromatic heterocycles. The zero-order chi connectivity index (χ0) is 34.1. The maximum absolute atomic E-state index is 13.4. The molecule has 2 rings (SSSR count). The summed E-state index contributed by atoms with van der Waals surface area (Å²) in [5.74, 6) is -1.31. The maximum atomic E-state index is 13.4. The van der Waals surface area contributed by atoms with E-state index in [2.05, 4.69) is 31.3 Å². The molecule has 0 unspecified atom stereocenters. The number of hydrogen-bond acceptors (Lipinski definition) is 6. The molecule has 0 bridgehead atoms. The highest BCUT2D eigenvalue weighted by Gasteiger charge is 2.31. The van der Waals surface area contributed by atoms with E-state index < -0.39 is 35.2 Å². The molecule has 252 valence electrons. The van der Waals surface area contributed by atoms with Gasteiger partial charge in [0.1, 0.15) is 5.60 Å². The Morgan fingerprint density at radius 1 is 0.867 bits per heavy atom. The number of aryl methyl sites for hydroxylation is 1. The molecule has 9 heteroatoms. The van der Waals surface area contributed by atoms with Crippen molar-refractivity contribution in [2.45, 2.75) is 129 Å². The Balaban J connectivity index is 2.28. The van der Waals surface area contributed by atoms with Gasteiger partial charge in [-0.1, -0.05) is 81.9 Å². The number of sulfonamides is 1. The largest absolute Gasteiger partial charge is 0.466 e. The molecule has 0 amide bonds. The summed E-state index contributed by atoms with van der Waals surface area (Å²) in [5, 5.41) is 0. The van der Waals surface area contributed by atoms with E-state index in [1.165, 1.54) is 0 Å². The highest BCUT2D eigenvalue weighted by Crippen LogP contribution is 2.30. The average Bonchev–Trinajstić information content (AvgIpc) is 2.90. The predicted molar refractivity (Wildman–Crippen MR) is 186 cm³/mol. The van der Waals surface area contributed by atoms with E-state index in [1.54, 1.807) is 12.1 Å². The summed E-state index contributed by atoms with van der Waals surface area (Å²) in [6.07, 6.45) is 4.06. The van der Waals surface area contributed by atoms with E-state index in [0.29, 0.717) is 37.9 Å². The molecule has 0 heterocycles. The van der Waals surface area contributed by atoms with Crippen molar-refractivity contribution in [3.8, 4) is 11.1 Å². The summed E-state index contributed by atoms with van der Waals surface area (Å²) in [6, 6.07) is 15.7. The Morgan fingerprint density at radius 2 is 1.47 bits per heavy atom.